The van der Waals surface area contributed by atoms with E-state index in [4.69, 9.17) is 0 Å². The molecule has 1 heterocycles. The Hall–Kier alpha value is -1.03. The normalized spacial score (nSPS) is 15.2. The number of thioether (sulfide) groups is 1. The zero-order valence-electron chi connectivity index (χ0n) is 8.72. The van der Waals surface area contributed by atoms with Gasteiger partial charge in [0.15, 0.2) is 5.16 Å². The standard InChI is InChI=1S/C11H15N3S/c1-3-7-14-10(9-5-6-9)12-13-11(14)15-8-4-2/h3-4,9H,1-2,5-8H2. The molecule has 0 spiro atoms. The molecule has 0 radical (unpaired) electrons. The van der Waals surface area contributed by atoms with Crippen LogP contribution in [0.2, 0.25) is 0 Å². The zero-order chi connectivity index (χ0) is 10.7. The Morgan fingerprint density at radius 1 is 1.33 bits per heavy atom. The molecule has 0 saturated heterocycles. The van der Waals surface area contributed by atoms with Crippen molar-refractivity contribution in [1.29, 1.82) is 0 Å². The fraction of sp³-hybridized carbons (Fsp3) is 0.455. The molecule has 0 bridgehead atoms. The van der Waals surface area contributed by atoms with E-state index in [0.717, 1.165) is 23.3 Å². The maximum absolute atomic E-state index is 4.26. The first kappa shape index (κ1) is 10.5. The minimum atomic E-state index is 0.635. The van der Waals surface area contributed by atoms with E-state index in [2.05, 4.69) is 27.9 Å². The number of rotatable bonds is 6. The van der Waals surface area contributed by atoms with Crippen LogP contribution in [0.4, 0.5) is 0 Å². The molecular formula is C11H15N3S. The van der Waals surface area contributed by atoms with E-state index < -0.39 is 0 Å². The second-order valence-corrected chi connectivity index (χ2v) is 4.60. The van der Waals surface area contributed by atoms with Crippen LogP contribution in [0, 0.1) is 0 Å². The van der Waals surface area contributed by atoms with Crippen molar-refractivity contribution >= 4 is 11.8 Å². The summed E-state index contributed by atoms with van der Waals surface area (Å²) in [6, 6.07) is 0. The average molecular weight is 221 g/mol. The first-order chi connectivity index (χ1) is 7.36. The summed E-state index contributed by atoms with van der Waals surface area (Å²) in [6.07, 6.45) is 6.28. The molecule has 4 heteroatoms. The molecular weight excluding hydrogens is 206 g/mol. The second kappa shape index (κ2) is 4.66. The SMILES string of the molecule is C=CCSc1nnc(C2CC2)n1CC=C. The summed E-state index contributed by atoms with van der Waals surface area (Å²) in [7, 11) is 0. The van der Waals surface area contributed by atoms with Crippen molar-refractivity contribution in [1.82, 2.24) is 14.8 Å². The lowest BCUT2D eigenvalue weighted by Gasteiger charge is -2.05. The number of hydrogen-bond acceptors (Lipinski definition) is 3. The van der Waals surface area contributed by atoms with E-state index in [1.165, 1.54) is 12.8 Å². The predicted molar refractivity (Wildman–Crippen MR) is 63.1 cm³/mol. The summed E-state index contributed by atoms with van der Waals surface area (Å²) < 4.78 is 2.17. The van der Waals surface area contributed by atoms with Gasteiger partial charge in [-0.25, -0.2) is 0 Å². The second-order valence-electron chi connectivity index (χ2n) is 3.61. The van der Waals surface area contributed by atoms with Crippen LogP contribution in [-0.2, 0) is 6.54 Å². The van der Waals surface area contributed by atoms with E-state index in [0.29, 0.717) is 5.92 Å². The van der Waals surface area contributed by atoms with Gasteiger partial charge in [-0.1, -0.05) is 23.9 Å². The monoisotopic (exact) mass is 221 g/mol. The van der Waals surface area contributed by atoms with Crippen molar-refractivity contribution in [3.05, 3.63) is 31.1 Å². The van der Waals surface area contributed by atoms with Crippen molar-refractivity contribution < 1.29 is 0 Å². The summed E-state index contributed by atoms with van der Waals surface area (Å²) in [5.41, 5.74) is 0. The third-order valence-electron chi connectivity index (χ3n) is 2.33. The van der Waals surface area contributed by atoms with Crippen LogP contribution in [-0.4, -0.2) is 20.5 Å². The van der Waals surface area contributed by atoms with Gasteiger partial charge in [0.05, 0.1) is 0 Å². The molecule has 1 aromatic heterocycles. The number of nitrogens with zero attached hydrogens (tertiary/aromatic N) is 3. The molecule has 15 heavy (non-hydrogen) atoms. The minimum Gasteiger partial charge on any atom is -0.302 e. The molecule has 0 amide bonds. The number of aromatic nitrogens is 3. The Morgan fingerprint density at radius 3 is 2.73 bits per heavy atom. The van der Waals surface area contributed by atoms with Crippen molar-refractivity contribution in [3.8, 4) is 0 Å². The smallest absolute Gasteiger partial charge is 0.191 e. The van der Waals surface area contributed by atoms with Crippen molar-refractivity contribution in [2.75, 3.05) is 5.75 Å². The molecule has 0 aliphatic heterocycles. The summed E-state index contributed by atoms with van der Waals surface area (Å²) in [5.74, 6) is 2.64. The van der Waals surface area contributed by atoms with E-state index in [1.54, 1.807) is 11.8 Å². The first-order valence-corrected chi connectivity index (χ1v) is 6.13. The fourth-order valence-corrected chi connectivity index (χ4v) is 2.17. The van der Waals surface area contributed by atoms with Gasteiger partial charge in [-0.2, -0.15) is 0 Å². The lowest BCUT2D eigenvalue weighted by atomic mass is 10.4. The van der Waals surface area contributed by atoms with Crippen LogP contribution >= 0.6 is 11.8 Å². The Balaban J connectivity index is 2.19. The molecule has 0 aromatic carbocycles. The molecule has 0 atom stereocenters. The average Bonchev–Trinajstić information content (AvgIpc) is 3.01. The highest BCUT2D eigenvalue weighted by Gasteiger charge is 2.29. The molecule has 1 fully saturated rings. The highest BCUT2D eigenvalue weighted by molar-refractivity contribution is 7.99. The summed E-state index contributed by atoms with van der Waals surface area (Å²) in [6.45, 7) is 8.28. The molecule has 1 aromatic rings. The lowest BCUT2D eigenvalue weighted by molar-refractivity contribution is 0.682. The minimum absolute atomic E-state index is 0.635. The fourth-order valence-electron chi connectivity index (χ4n) is 1.48. The van der Waals surface area contributed by atoms with Gasteiger partial charge in [0, 0.05) is 18.2 Å². The van der Waals surface area contributed by atoms with E-state index >= 15 is 0 Å². The van der Waals surface area contributed by atoms with Gasteiger partial charge >= 0.3 is 0 Å². The van der Waals surface area contributed by atoms with Crippen LogP contribution in [0.15, 0.2) is 30.5 Å². The Bertz CT molecular complexity index is 366. The quantitative estimate of drug-likeness (QED) is 0.546. The third kappa shape index (κ3) is 2.31. The van der Waals surface area contributed by atoms with Crippen LogP contribution in [0.25, 0.3) is 0 Å². The van der Waals surface area contributed by atoms with E-state index in [-0.39, 0.29) is 0 Å². The summed E-state index contributed by atoms with van der Waals surface area (Å²) >= 11 is 1.68. The summed E-state index contributed by atoms with van der Waals surface area (Å²) in [4.78, 5) is 0. The van der Waals surface area contributed by atoms with E-state index in [9.17, 15) is 0 Å². The van der Waals surface area contributed by atoms with Crippen LogP contribution in [0.1, 0.15) is 24.6 Å². The Labute approximate surface area is 94.3 Å². The van der Waals surface area contributed by atoms with Crippen molar-refractivity contribution in [2.24, 2.45) is 0 Å². The highest BCUT2D eigenvalue weighted by atomic mass is 32.2. The zero-order valence-corrected chi connectivity index (χ0v) is 9.54. The lowest BCUT2D eigenvalue weighted by Crippen LogP contribution is -2.02. The van der Waals surface area contributed by atoms with Gasteiger partial charge in [0.1, 0.15) is 5.82 Å². The van der Waals surface area contributed by atoms with Crippen molar-refractivity contribution in [2.45, 2.75) is 30.5 Å². The Morgan fingerprint density at radius 2 is 2.13 bits per heavy atom. The third-order valence-corrected chi connectivity index (χ3v) is 3.29. The first-order valence-electron chi connectivity index (χ1n) is 5.14. The maximum atomic E-state index is 4.26. The topological polar surface area (TPSA) is 30.7 Å². The molecule has 1 saturated carbocycles. The van der Waals surface area contributed by atoms with Gasteiger partial charge in [-0.15, -0.1) is 23.4 Å². The molecule has 0 unspecified atom stereocenters. The molecule has 3 nitrogen and oxygen atoms in total. The molecule has 2 rings (SSSR count). The van der Waals surface area contributed by atoms with Gasteiger partial charge in [0.2, 0.25) is 0 Å². The van der Waals surface area contributed by atoms with Gasteiger partial charge in [0.25, 0.3) is 0 Å². The molecule has 1 aliphatic rings. The van der Waals surface area contributed by atoms with Crippen LogP contribution in [0.3, 0.4) is 0 Å². The molecule has 0 N–H and O–H groups in total. The predicted octanol–water partition coefficient (Wildman–Crippen LogP) is 2.62. The van der Waals surface area contributed by atoms with Crippen molar-refractivity contribution in [3.63, 3.8) is 0 Å². The highest BCUT2D eigenvalue weighted by Crippen LogP contribution is 2.39. The molecule has 80 valence electrons. The number of hydrogen-bond donors (Lipinski definition) is 0. The van der Waals surface area contributed by atoms with Gasteiger partial charge < -0.3 is 4.57 Å². The van der Waals surface area contributed by atoms with Gasteiger partial charge in [-0.3, -0.25) is 0 Å². The van der Waals surface area contributed by atoms with E-state index in [1.807, 2.05) is 12.2 Å². The van der Waals surface area contributed by atoms with Crippen LogP contribution in [0.5, 0.6) is 0 Å². The summed E-state index contributed by atoms with van der Waals surface area (Å²) in [5, 5.41) is 9.46. The van der Waals surface area contributed by atoms with Gasteiger partial charge in [-0.05, 0) is 12.8 Å². The largest absolute Gasteiger partial charge is 0.302 e. The Kier molecular flexibility index (Phi) is 3.26. The maximum Gasteiger partial charge on any atom is 0.191 e. The number of allylic oxidation sites excluding steroid dienone is 1. The van der Waals surface area contributed by atoms with Crippen LogP contribution < -0.4 is 0 Å². The molecule has 1 aliphatic carbocycles.